The number of halogens is 3. The van der Waals surface area contributed by atoms with Gasteiger partial charge in [0.25, 0.3) is 0 Å². The molecule has 126 valence electrons. The Morgan fingerprint density at radius 2 is 1.87 bits per heavy atom. The van der Waals surface area contributed by atoms with Crippen LogP contribution < -0.4 is 5.32 Å². The molecular weight excluding hydrogens is 315 g/mol. The Labute approximate surface area is 130 Å². The number of alkyl halides is 3. The molecule has 0 atom stereocenters. The highest BCUT2D eigenvalue weighted by molar-refractivity contribution is 5.90. The van der Waals surface area contributed by atoms with Crippen molar-refractivity contribution in [2.24, 2.45) is 5.92 Å². The molecule has 0 bridgehead atoms. The first-order valence-corrected chi connectivity index (χ1v) is 6.97. The second-order valence-electron chi connectivity index (χ2n) is 5.61. The molecule has 0 aliphatic heterocycles. The fourth-order valence-corrected chi connectivity index (χ4v) is 2.58. The number of carboxylic acid groups (broad SMARTS) is 1. The number of benzene rings is 1. The first-order valence-electron chi connectivity index (χ1n) is 6.97. The van der Waals surface area contributed by atoms with Crippen molar-refractivity contribution in [1.82, 2.24) is 5.32 Å². The summed E-state index contributed by atoms with van der Waals surface area (Å²) >= 11 is 0. The molecule has 0 unspecified atom stereocenters. The zero-order valence-electron chi connectivity index (χ0n) is 12.1. The van der Waals surface area contributed by atoms with Gasteiger partial charge in [-0.2, -0.15) is 13.2 Å². The zero-order valence-corrected chi connectivity index (χ0v) is 12.1. The third kappa shape index (κ3) is 4.22. The van der Waals surface area contributed by atoms with E-state index in [1.165, 1.54) is 0 Å². The molecule has 0 spiro atoms. The van der Waals surface area contributed by atoms with Crippen LogP contribution in [0.4, 0.5) is 13.2 Å². The summed E-state index contributed by atoms with van der Waals surface area (Å²) in [5.41, 5.74) is -0.908. The number of nitrogens with one attached hydrogen (secondary N) is 1. The van der Waals surface area contributed by atoms with Gasteiger partial charge in [-0.1, -0.05) is 30.3 Å². The number of carbonyl (C=O) groups is 2. The summed E-state index contributed by atoms with van der Waals surface area (Å²) < 4.78 is 42.2. The number of hydrogen-bond acceptors (Lipinski definition) is 3. The molecule has 1 aromatic rings. The number of hydrogen-bond donors (Lipinski definition) is 2. The summed E-state index contributed by atoms with van der Waals surface area (Å²) in [7, 11) is 0. The molecule has 2 N–H and O–H groups in total. The molecule has 1 aliphatic carbocycles. The number of carboxylic acids is 1. The molecule has 23 heavy (non-hydrogen) atoms. The lowest BCUT2D eigenvalue weighted by molar-refractivity contribution is -0.181. The number of amides is 1. The van der Waals surface area contributed by atoms with Gasteiger partial charge >= 0.3 is 18.1 Å². The average molecular weight is 331 g/mol. The maximum Gasteiger partial charge on any atom is 0.471 e. The smallest absolute Gasteiger partial charge is 0.471 e. The molecular formula is C15H16F3NO4. The summed E-state index contributed by atoms with van der Waals surface area (Å²) in [6.07, 6.45) is -5.27. The largest absolute Gasteiger partial charge is 0.480 e. The van der Waals surface area contributed by atoms with E-state index in [4.69, 9.17) is 9.84 Å². The fraction of sp³-hybridized carbons (Fsp3) is 0.467. The van der Waals surface area contributed by atoms with Crippen LogP contribution in [0.15, 0.2) is 30.3 Å². The van der Waals surface area contributed by atoms with Crippen molar-refractivity contribution in [3.05, 3.63) is 35.9 Å². The second-order valence-corrected chi connectivity index (χ2v) is 5.61. The van der Waals surface area contributed by atoms with Gasteiger partial charge in [0.15, 0.2) is 0 Å². The number of aliphatic carboxylic acids is 1. The van der Waals surface area contributed by atoms with Crippen molar-refractivity contribution in [3.63, 3.8) is 0 Å². The normalized spacial score (nSPS) is 23.9. The van der Waals surface area contributed by atoms with Gasteiger partial charge < -0.3 is 15.2 Å². The molecule has 0 aromatic heterocycles. The van der Waals surface area contributed by atoms with Crippen LogP contribution in [0.3, 0.4) is 0 Å². The van der Waals surface area contributed by atoms with Crippen molar-refractivity contribution in [1.29, 1.82) is 0 Å². The Bertz CT molecular complexity index is 568. The quantitative estimate of drug-likeness (QED) is 0.837. The third-order valence-corrected chi connectivity index (χ3v) is 3.76. The van der Waals surface area contributed by atoms with Crippen LogP contribution in [0.5, 0.6) is 0 Å². The molecule has 0 saturated heterocycles. The number of ether oxygens (including phenoxy) is 1. The van der Waals surface area contributed by atoms with Crippen LogP contribution in [-0.4, -0.2) is 35.3 Å². The van der Waals surface area contributed by atoms with Crippen LogP contribution in [0.1, 0.15) is 18.4 Å². The van der Waals surface area contributed by atoms with Crippen LogP contribution in [0, 0.1) is 5.92 Å². The molecule has 1 aliphatic rings. The van der Waals surface area contributed by atoms with E-state index in [0.717, 1.165) is 5.56 Å². The lowest BCUT2D eigenvalue weighted by Crippen LogP contribution is -2.65. The predicted molar refractivity (Wildman–Crippen MR) is 73.4 cm³/mol. The van der Waals surface area contributed by atoms with Crippen LogP contribution in [0.25, 0.3) is 0 Å². The monoisotopic (exact) mass is 331 g/mol. The summed E-state index contributed by atoms with van der Waals surface area (Å²) in [4.78, 5) is 22.1. The van der Waals surface area contributed by atoms with Gasteiger partial charge in [0.05, 0.1) is 13.2 Å². The van der Waals surface area contributed by atoms with Crippen LogP contribution >= 0.6 is 0 Å². The van der Waals surface area contributed by atoms with Crippen molar-refractivity contribution in [3.8, 4) is 0 Å². The molecule has 5 nitrogen and oxygen atoms in total. The lowest BCUT2D eigenvalue weighted by atomic mass is 9.68. The summed E-state index contributed by atoms with van der Waals surface area (Å²) in [5, 5.41) is 10.7. The Morgan fingerprint density at radius 1 is 1.26 bits per heavy atom. The average Bonchev–Trinajstić information content (AvgIpc) is 2.43. The van der Waals surface area contributed by atoms with Crippen LogP contribution in [-0.2, 0) is 20.9 Å². The van der Waals surface area contributed by atoms with Gasteiger partial charge in [0, 0.05) is 0 Å². The Balaban J connectivity index is 1.81. The van der Waals surface area contributed by atoms with E-state index in [9.17, 15) is 22.8 Å². The second kappa shape index (κ2) is 6.57. The minimum atomic E-state index is -5.10. The highest BCUT2D eigenvalue weighted by Crippen LogP contribution is 2.39. The molecule has 1 amide bonds. The fourth-order valence-electron chi connectivity index (χ4n) is 2.58. The molecule has 0 heterocycles. The Morgan fingerprint density at radius 3 is 2.39 bits per heavy atom. The van der Waals surface area contributed by atoms with Crippen molar-refractivity contribution in [2.45, 2.75) is 31.2 Å². The van der Waals surface area contributed by atoms with E-state index in [2.05, 4.69) is 0 Å². The summed E-state index contributed by atoms with van der Waals surface area (Å²) in [6, 6.07) is 9.30. The Hall–Kier alpha value is -2.09. The van der Waals surface area contributed by atoms with Gasteiger partial charge in [-0.05, 0) is 24.3 Å². The highest BCUT2D eigenvalue weighted by Gasteiger charge is 2.54. The maximum absolute atomic E-state index is 12.3. The van der Waals surface area contributed by atoms with Crippen molar-refractivity contribution >= 4 is 11.9 Å². The van der Waals surface area contributed by atoms with Gasteiger partial charge in [-0.15, -0.1) is 0 Å². The first kappa shape index (κ1) is 17.3. The van der Waals surface area contributed by atoms with Crippen LogP contribution in [0.2, 0.25) is 0 Å². The van der Waals surface area contributed by atoms with E-state index >= 15 is 0 Å². The lowest BCUT2D eigenvalue weighted by Gasteiger charge is -2.44. The SMILES string of the molecule is O=C(NC1(C(=O)O)CC(COCc2ccccc2)C1)C(F)(F)F. The van der Waals surface area contributed by atoms with E-state index in [0.29, 0.717) is 6.61 Å². The number of rotatable bonds is 6. The molecule has 2 rings (SSSR count). The van der Waals surface area contributed by atoms with Gasteiger partial charge in [-0.25, -0.2) is 4.79 Å². The number of carbonyl (C=O) groups excluding carboxylic acids is 1. The maximum atomic E-state index is 12.3. The summed E-state index contributed by atoms with van der Waals surface area (Å²) in [6.45, 7) is 0.568. The molecule has 0 radical (unpaired) electrons. The van der Waals surface area contributed by atoms with Crippen molar-refractivity contribution < 1.29 is 32.6 Å². The standard InChI is InChI=1S/C15H16F3NO4/c16-15(17,18)12(20)19-14(13(21)22)6-11(7-14)9-23-8-10-4-2-1-3-5-10/h1-5,11H,6-9H2,(H,19,20)(H,21,22). The van der Waals surface area contributed by atoms with Gasteiger partial charge in [0.2, 0.25) is 0 Å². The molecule has 1 saturated carbocycles. The topological polar surface area (TPSA) is 75.6 Å². The first-order chi connectivity index (χ1) is 10.7. The highest BCUT2D eigenvalue weighted by atomic mass is 19.4. The summed E-state index contributed by atoms with van der Waals surface area (Å²) in [5.74, 6) is -3.90. The van der Waals surface area contributed by atoms with E-state index in [-0.39, 0.29) is 25.4 Å². The van der Waals surface area contributed by atoms with E-state index < -0.39 is 23.6 Å². The van der Waals surface area contributed by atoms with Gasteiger partial charge in [-0.3, -0.25) is 4.79 Å². The van der Waals surface area contributed by atoms with E-state index in [1.807, 2.05) is 30.3 Å². The molecule has 1 aromatic carbocycles. The minimum Gasteiger partial charge on any atom is -0.480 e. The van der Waals surface area contributed by atoms with Crippen molar-refractivity contribution in [2.75, 3.05) is 6.61 Å². The van der Waals surface area contributed by atoms with E-state index in [1.54, 1.807) is 5.32 Å². The zero-order chi connectivity index (χ0) is 17.1. The molecule has 8 heteroatoms. The predicted octanol–water partition coefficient (Wildman–Crippen LogP) is 2.12. The Kier molecular flexibility index (Phi) is 4.93. The minimum absolute atomic E-state index is 0.0844. The molecule has 1 fully saturated rings. The van der Waals surface area contributed by atoms with Gasteiger partial charge in [0.1, 0.15) is 5.54 Å². The third-order valence-electron chi connectivity index (χ3n) is 3.76.